The third kappa shape index (κ3) is 4.96. The predicted octanol–water partition coefficient (Wildman–Crippen LogP) is 5.90. The van der Waals surface area contributed by atoms with Crippen LogP contribution in [0.25, 0.3) is 0 Å². The molecule has 0 bridgehead atoms. The quantitative estimate of drug-likeness (QED) is 0.240. The summed E-state index contributed by atoms with van der Waals surface area (Å²) >= 11 is 0. The molecule has 0 unspecified atom stereocenters. The van der Waals surface area contributed by atoms with Crippen molar-refractivity contribution in [3.63, 3.8) is 0 Å². The molecule has 9 heteroatoms. The fourth-order valence-electron chi connectivity index (χ4n) is 8.14. The van der Waals surface area contributed by atoms with Gasteiger partial charge in [-0.05, 0) is 60.0 Å². The second-order valence-electron chi connectivity index (χ2n) is 13.2. The highest BCUT2D eigenvalue weighted by atomic mass is 28.3. The van der Waals surface area contributed by atoms with E-state index in [1.165, 1.54) is 5.19 Å². The molecule has 0 aromatic heterocycles. The first-order valence-corrected chi connectivity index (χ1v) is 19.3. The van der Waals surface area contributed by atoms with Crippen LogP contribution in [0.2, 0.25) is 18.6 Å². The maximum atomic E-state index is 14.8. The Morgan fingerprint density at radius 1 is 0.915 bits per heavy atom. The zero-order chi connectivity index (χ0) is 32.9. The lowest BCUT2D eigenvalue weighted by Crippen LogP contribution is -2.51. The fourth-order valence-corrected chi connectivity index (χ4v) is 12.2. The van der Waals surface area contributed by atoms with Crippen LogP contribution in [-0.2, 0) is 26.5 Å². The SMILES string of the molecule is COc1ccc([Si](C)(C)[C@@H]2[C@@H](CCO)O[C@]3(C(=O)N(Cc4ccc(N5C(=O)COc6ccccc65)cc4)c4ccccc43)[C@H]2C)cc1. The molecule has 2 amide bonds. The maximum absolute atomic E-state index is 14.8. The van der Waals surface area contributed by atoms with Crippen molar-refractivity contribution in [3.8, 4) is 11.5 Å². The number of para-hydroxylation sites is 3. The number of ether oxygens (including phenoxy) is 3. The van der Waals surface area contributed by atoms with Crippen LogP contribution in [0.1, 0.15) is 24.5 Å². The molecule has 3 heterocycles. The fraction of sp³-hybridized carbons (Fsp3) is 0.316. The van der Waals surface area contributed by atoms with Crippen LogP contribution in [0.15, 0.2) is 97.1 Å². The normalized spacial score (nSPS) is 23.6. The van der Waals surface area contributed by atoms with Crippen LogP contribution in [0.5, 0.6) is 11.5 Å². The molecule has 242 valence electrons. The van der Waals surface area contributed by atoms with Gasteiger partial charge in [-0.3, -0.25) is 14.5 Å². The van der Waals surface area contributed by atoms with Gasteiger partial charge in [-0.15, -0.1) is 0 Å². The molecule has 1 spiro atoms. The highest BCUT2D eigenvalue weighted by Crippen LogP contribution is 2.60. The Kier molecular flexibility index (Phi) is 7.94. The molecule has 8 nitrogen and oxygen atoms in total. The van der Waals surface area contributed by atoms with Crippen LogP contribution in [0.4, 0.5) is 17.1 Å². The Labute approximate surface area is 276 Å². The second kappa shape index (κ2) is 12.0. The van der Waals surface area contributed by atoms with Crippen molar-refractivity contribution in [2.24, 2.45) is 5.92 Å². The molecule has 4 atom stereocenters. The van der Waals surface area contributed by atoms with Gasteiger partial charge in [0.05, 0.1) is 39.2 Å². The largest absolute Gasteiger partial charge is 0.497 e. The Morgan fingerprint density at radius 2 is 1.60 bits per heavy atom. The van der Waals surface area contributed by atoms with Crippen molar-refractivity contribution < 1.29 is 28.9 Å². The zero-order valence-corrected chi connectivity index (χ0v) is 28.2. The number of hydrogen-bond donors (Lipinski definition) is 1. The lowest BCUT2D eigenvalue weighted by molar-refractivity contribution is -0.146. The number of carbonyl (C=O) groups is 2. The second-order valence-corrected chi connectivity index (χ2v) is 17.9. The first-order valence-electron chi connectivity index (χ1n) is 16.2. The summed E-state index contributed by atoms with van der Waals surface area (Å²) in [4.78, 5) is 31.2. The first-order chi connectivity index (χ1) is 22.7. The number of rotatable bonds is 8. The van der Waals surface area contributed by atoms with E-state index in [0.29, 0.717) is 24.4 Å². The molecule has 1 fully saturated rings. The van der Waals surface area contributed by atoms with Gasteiger partial charge in [0.1, 0.15) is 11.5 Å². The smallest absolute Gasteiger partial charge is 0.269 e. The van der Waals surface area contributed by atoms with E-state index >= 15 is 0 Å². The molecule has 0 saturated carbocycles. The standard InChI is InChI=1S/C38H40N2O6Si/c1-25-36(47(3,4)29-19-17-28(44-2)18-20-29)34(21-22-41)46-38(25)30-9-5-6-10-31(30)39(37(38)43)23-26-13-15-27(16-14-26)40-32-11-7-8-12-33(32)45-24-35(40)42/h5-20,25,34,36,41H,21-24H2,1-4H3/t25-,34+,36-,38+/m0/s1. The summed E-state index contributed by atoms with van der Waals surface area (Å²) in [7, 11) is -0.578. The molecule has 4 aromatic rings. The van der Waals surface area contributed by atoms with Crippen molar-refractivity contribution in [2.75, 3.05) is 30.1 Å². The van der Waals surface area contributed by atoms with Crippen LogP contribution in [-0.4, -0.2) is 51.4 Å². The maximum Gasteiger partial charge on any atom is 0.269 e. The van der Waals surface area contributed by atoms with E-state index in [1.807, 2.05) is 89.8 Å². The van der Waals surface area contributed by atoms with E-state index in [-0.39, 0.29) is 42.6 Å². The summed E-state index contributed by atoms with van der Waals surface area (Å²) in [6, 6.07) is 31.5. The van der Waals surface area contributed by atoms with Crippen molar-refractivity contribution in [2.45, 2.75) is 50.2 Å². The van der Waals surface area contributed by atoms with E-state index in [2.05, 4.69) is 32.2 Å². The Morgan fingerprint density at radius 3 is 2.30 bits per heavy atom. The highest BCUT2D eigenvalue weighted by molar-refractivity contribution is 6.91. The van der Waals surface area contributed by atoms with E-state index in [9.17, 15) is 14.7 Å². The molecule has 1 saturated heterocycles. The number of aliphatic hydroxyl groups is 1. The average Bonchev–Trinajstić information content (AvgIpc) is 3.52. The molecule has 0 radical (unpaired) electrons. The predicted molar refractivity (Wildman–Crippen MR) is 184 cm³/mol. The topological polar surface area (TPSA) is 88.5 Å². The highest BCUT2D eigenvalue weighted by Gasteiger charge is 2.66. The van der Waals surface area contributed by atoms with E-state index in [1.54, 1.807) is 12.0 Å². The summed E-state index contributed by atoms with van der Waals surface area (Å²) in [5.41, 5.74) is 3.04. The van der Waals surface area contributed by atoms with Gasteiger partial charge in [0.15, 0.2) is 12.2 Å². The van der Waals surface area contributed by atoms with E-state index in [0.717, 1.165) is 28.3 Å². The zero-order valence-electron chi connectivity index (χ0n) is 27.2. The summed E-state index contributed by atoms with van der Waals surface area (Å²) in [5, 5.41) is 11.4. The number of amides is 2. The molecular formula is C38H40N2O6Si. The van der Waals surface area contributed by atoms with Gasteiger partial charge in [-0.1, -0.05) is 79.8 Å². The molecular weight excluding hydrogens is 609 g/mol. The number of benzene rings is 4. The van der Waals surface area contributed by atoms with Crippen LogP contribution < -0.4 is 24.5 Å². The monoisotopic (exact) mass is 648 g/mol. The van der Waals surface area contributed by atoms with Gasteiger partial charge in [0.25, 0.3) is 11.8 Å². The first kappa shape index (κ1) is 31.2. The average molecular weight is 649 g/mol. The summed E-state index contributed by atoms with van der Waals surface area (Å²) < 4.78 is 18.0. The summed E-state index contributed by atoms with van der Waals surface area (Å²) in [6.07, 6.45) is 0.188. The molecule has 3 aliphatic heterocycles. The Bertz CT molecular complexity index is 1810. The molecule has 0 aliphatic carbocycles. The van der Waals surface area contributed by atoms with Crippen molar-refractivity contribution >= 4 is 42.1 Å². The van der Waals surface area contributed by atoms with Crippen molar-refractivity contribution in [1.82, 2.24) is 0 Å². The lowest BCUT2D eigenvalue weighted by atomic mass is 9.82. The van der Waals surface area contributed by atoms with E-state index in [4.69, 9.17) is 14.2 Å². The van der Waals surface area contributed by atoms with E-state index < -0.39 is 13.7 Å². The van der Waals surface area contributed by atoms with Crippen LogP contribution >= 0.6 is 0 Å². The van der Waals surface area contributed by atoms with Gasteiger partial charge in [0.2, 0.25) is 0 Å². The number of fused-ring (bicyclic) bond motifs is 3. The number of hydrogen-bond acceptors (Lipinski definition) is 6. The summed E-state index contributed by atoms with van der Waals surface area (Å²) in [6.45, 7) is 7.16. The molecule has 4 aromatic carbocycles. The van der Waals surface area contributed by atoms with Crippen LogP contribution in [0, 0.1) is 5.92 Å². The number of methoxy groups -OCH3 is 1. The molecule has 7 rings (SSSR count). The van der Waals surface area contributed by atoms with Crippen LogP contribution in [0.3, 0.4) is 0 Å². The third-order valence-corrected chi connectivity index (χ3v) is 14.8. The number of aliphatic hydroxyl groups excluding tert-OH is 1. The number of nitrogens with zero attached hydrogens (tertiary/aromatic N) is 2. The minimum absolute atomic E-state index is 0.0148. The van der Waals surface area contributed by atoms with Gasteiger partial charge < -0.3 is 24.2 Å². The van der Waals surface area contributed by atoms with Crippen molar-refractivity contribution in [3.05, 3.63) is 108 Å². The van der Waals surface area contributed by atoms with Crippen molar-refractivity contribution in [1.29, 1.82) is 0 Å². The third-order valence-electron chi connectivity index (χ3n) is 10.4. The molecule has 1 N–H and O–H groups in total. The van der Waals surface area contributed by atoms with Gasteiger partial charge in [-0.25, -0.2) is 0 Å². The molecule has 3 aliphatic rings. The van der Waals surface area contributed by atoms with Gasteiger partial charge >= 0.3 is 0 Å². The number of carbonyl (C=O) groups excluding carboxylic acids is 2. The lowest BCUT2D eigenvalue weighted by Gasteiger charge is -2.37. The Hall–Kier alpha value is -4.44. The Balaban J connectivity index is 1.21. The minimum Gasteiger partial charge on any atom is -0.497 e. The van der Waals surface area contributed by atoms with Gasteiger partial charge in [0, 0.05) is 23.8 Å². The summed E-state index contributed by atoms with van der Waals surface area (Å²) in [5.74, 6) is 1.14. The number of anilines is 3. The van der Waals surface area contributed by atoms with Gasteiger partial charge in [-0.2, -0.15) is 0 Å². The molecule has 47 heavy (non-hydrogen) atoms. The minimum atomic E-state index is -2.24.